The summed E-state index contributed by atoms with van der Waals surface area (Å²) in [5, 5.41) is 0. The van der Waals surface area contributed by atoms with Crippen molar-refractivity contribution in [1.82, 2.24) is 0 Å². The number of carbonyl (C=O) groups is 1. The van der Waals surface area contributed by atoms with Crippen LogP contribution in [0.4, 0.5) is 0 Å². The number of hydrogen-bond acceptors (Lipinski definition) is 2. The number of hydrogen-bond donors (Lipinski definition) is 0. The molecule has 138 valence electrons. The quantitative estimate of drug-likeness (QED) is 0.405. The van der Waals surface area contributed by atoms with E-state index < -0.39 is 0 Å². The van der Waals surface area contributed by atoms with Crippen LogP contribution in [0.3, 0.4) is 0 Å². The Morgan fingerprint density at radius 1 is 0.917 bits per heavy atom. The SMILES string of the molecule is CCCCOC(=O)[C@H]1CC[C@H](C23CCC(CCC)(CC2)CC3)CC1. The number of unbranched alkanes of at least 4 members (excludes halogenated alkanes) is 1. The number of carbonyl (C=O) groups excluding carboxylic acids is 1. The lowest BCUT2D eigenvalue weighted by atomic mass is 9.48. The molecule has 0 saturated heterocycles. The number of esters is 1. The van der Waals surface area contributed by atoms with Gasteiger partial charge in [0.25, 0.3) is 0 Å². The van der Waals surface area contributed by atoms with Gasteiger partial charge in [-0.05, 0) is 93.8 Å². The lowest BCUT2D eigenvalue weighted by Gasteiger charge is -2.57. The van der Waals surface area contributed by atoms with Gasteiger partial charge in [-0.15, -0.1) is 0 Å². The van der Waals surface area contributed by atoms with E-state index in [0.717, 1.165) is 37.0 Å². The molecule has 0 aromatic carbocycles. The van der Waals surface area contributed by atoms with Crippen LogP contribution >= 0.6 is 0 Å². The highest BCUT2D eigenvalue weighted by Crippen LogP contribution is 2.63. The van der Waals surface area contributed by atoms with Gasteiger partial charge in [0.15, 0.2) is 0 Å². The predicted octanol–water partition coefficient (Wildman–Crippen LogP) is 6.28. The van der Waals surface area contributed by atoms with Gasteiger partial charge in [-0.1, -0.05) is 26.7 Å². The van der Waals surface area contributed by atoms with Crippen LogP contribution in [0.25, 0.3) is 0 Å². The fourth-order valence-corrected chi connectivity index (χ4v) is 6.19. The Morgan fingerprint density at radius 2 is 1.54 bits per heavy atom. The molecule has 0 heterocycles. The third-order valence-electron chi connectivity index (χ3n) is 7.91. The fourth-order valence-electron chi connectivity index (χ4n) is 6.19. The van der Waals surface area contributed by atoms with Crippen LogP contribution in [-0.4, -0.2) is 12.6 Å². The first kappa shape index (κ1) is 18.3. The summed E-state index contributed by atoms with van der Waals surface area (Å²) in [7, 11) is 0. The summed E-state index contributed by atoms with van der Waals surface area (Å²) in [4.78, 5) is 12.2. The molecule has 0 atom stereocenters. The van der Waals surface area contributed by atoms with E-state index in [0.29, 0.717) is 12.0 Å². The molecule has 0 unspecified atom stereocenters. The van der Waals surface area contributed by atoms with E-state index in [9.17, 15) is 4.79 Å². The van der Waals surface area contributed by atoms with Gasteiger partial charge in [0.05, 0.1) is 12.5 Å². The fraction of sp³-hybridized carbons (Fsp3) is 0.955. The van der Waals surface area contributed by atoms with Crippen LogP contribution in [0.15, 0.2) is 0 Å². The maximum Gasteiger partial charge on any atom is 0.308 e. The second kappa shape index (κ2) is 7.79. The van der Waals surface area contributed by atoms with Gasteiger partial charge < -0.3 is 4.74 Å². The van der Waals surface area contributed by atoms with E-state index in [-0.39, 0.29) is 11.9 Å². The van der Waals surface area contributed by atoms with E-state index in [1.165, 1.54) is 64.2 Å². The Kier molecular flexibility index (Phi) is 5.93. The van der Waals surface area contributed by atoms with Crippen molar-refractivity contribution in [2.45, 2.75) is 104 Å². The van der Waals surface area contributed by atoms with Crippen molar-refractivity contribution in [3.8, 4) is 0 Å². The zero-order chi connectivity index (χ0) is 17.0. The van der Waals surface area contributed by atoms with Crippen LogP contribution in [0.1, 0.15) is 104 Å². The monoisotopic (exact) mass is 334 g/mol. The van der Waals surface area contributed by atoms with Crippen LogP contribution in [-0.2, 0) is 9.53 Å². The maximum absolute atomic E-state index is 12.2. The average Bonchev–Trinajstić information content (AvgIpc) is 2.63. The van der Waals surface area contributed by atoms with Gasteiger partial charge in [0.1, 0.15) is 0 Å². The van der Waals surface area contributed by atoms with Crippen molar-refractivity contribution in [3.05, 3.63) is 0 Å². The van der Waals surface area contributed by atoms with Crippen molar-refractivity contribution in [3.63, 3.8) is 0 Å². The Morgan fingerprint density at radius 3 is 2.08 bits per heavy atom. The molecular weight excluding hydrogens is 296 g/mol. The molecule has 2 bridgehead atoms. The molecule has 2 heteroatoms. The van der Waals surface area contributed by atoms with Crippen molar-refractivity contribution in [1.29, 1.82) is 0 Å². The van der Waals surface area contributed by atoms with E-state index in [1.807, 2.05) is 0 Å². The normalized spacial score (nSPS) is 38.9. The van der Waals surface area contributed by atoms with Crippen molar-refractivity contribution in [2.75, 3.05) is 6.61 Å². The Balaban J connectivity index is 1.48. The smallest absolute Gasteiger partial charge is 0.308 e. The maximum atomic E-state index is 12.2. The lowest BCUT2D eigenvalue weighted by molar-refractivity contribution is -0.151. The molecule has 0 radical (unpaired) electrons. The minimum absolute atomic E-state index is 0.0913. The van der Waals surface area contributed by atoms with E-state index in [1.54, 1.807) is 0 Å². The first-order chi connectivity index (χ1) is 11.6. The summed E-state index contributed by atoms with van der Waals surface area (Å²) in [6.07, 6.45) is 18.5. The third-order valence-corrected chi connectivity index (χ3v) is 7.91. The molecule has 4 aliphatic rings. The third kappa shape index (κ3) is 3.68. The second-order valence-corrected chi connectivity index (χ2v) is 9.18. The molecule has 0 amide bonds. The van der Waals surface area contributed by atoms with Gasteiger partial charge in [0, 0.05) is 0 Å². The molecule has 0 aliphatic heterocycles. The molecule has 0 spiro atoms. The Labute approximate surface area is 149 Å². The summed E-state index contributed by atoms with van der Waals surface area (Å²) in [5.74, 6) is 1.17. The van der Waals surface area contributed by atoms with Crippen molar-refractivity contribution < 1.29 is 9.53 Å². The summed E-state index contributed by atoms with van der Waals surface area (Å²) in [6, 6.07) is 0. The molecular formula is C22H38O2. The van der Waals surface area contributed by atoms with E-state index in [2.05, 4.69) is 13.8 Å². The van der Waals surface area contributed by atoms with Crippen LogP contribution in [0.2, 0.25) is 0 Å². The van der Waals surface area contributed by atoms with Crippen LogP contribution in [0, 0.1) is 22.7 Å². The minimum atomic E-state index is 0.0913. The van der Waals surface area contributed by atoms with Crippen molar-refractivity contribution in [2.24, 2.45) is 22.7 Å². The molecule has 0 aromatic rings. The molecule has 4 saturated carbocycles. The molecule has 4 aliphatic carbocycles. The van der Waals surface area contributed by atoms with Crippen LogP contribution < -0.4 is 0 Å². The summed E-state index contributed by atoms with van der Waals surface area (Å²) in [6.45, 7) is 5.12. The van der Waals surface area contributed by atoms with Gasteiger partial charge >= 0.3 is 5.97 Å². The topological polar surface area (TPSA) is 26.3 Å². The highest BCUT2D eigenvalue weighted by molar-refractivity contribution is 5.72. The number of ether oxygens (including phenoxy) is 1. The molecule has 24 heavy (non-hydrogen) atoms. The molecule has 0 N–H and O–H groups in total. The Hall–Kier alpha value is -0.530. The zero-order valence-electron chi connectivity index (χ0n) is 16.1. The van der Waals surface area contributed by atoms with Crippen LogP contribution in [0.5, 0.6) is 0 Å². The van der Waals surface area contributed by atoms with Gasteiger partial charge in [-0.3, -0.25) is 4.79 Å². The number of rotatable bonds is 7. The molecule has 4 rings (SSSR count). The predicted molar refractivity (Wildman–Crippen MR) is 98.8 cm³/mol. The largest absolute Gasteiger partial charge is 0.465 e. The lowest BCUT2D eigenvalue weighted by Crippen LogP contribution is -2.46. The summed E-state index contributed by atoms with van der Waals surface area (Å²) < 4.78 is 5.46. The van der Waals surface area contributed by atoms with Crippen molar-refractivity contribution >= 4 is 5.97 Å². The number of fused-ring (bicyclic) bond motifs is 3. The molecule has 2 nitrogen and oxygen atoms in total. The highest BCUT2D eigenvalue weighted by Gasteiger charge is 2.51. The second-order valence-electron chi connectivity index (χ2n) is 9.18. The standard InChI is InChI=1S/C22H38O2/c1-3-5-17-24-20(23)18-6-8-19(9-7-18)22-14-11-21(10-4-2,12-15-22)13-16-22/h18-19H,3-17H2,1-2H3/t18-,19-,21?,22?. The summed E-state index contributed by atoms with van der Waals surface area (Å²) >= 11 is 0. The summed E-state index contributed by atoms with van der Waals surface area (Å²) in [5.41, 5.74) is 1.36. The van der Waals surface area contributed by atoms with E-state index >= 15 is 0 Å². The minimum Gasteiger partial charge on any atom is -0.465 e. The first-order valence-corrected chi connectivity index (χ1v) is 10.8. The average molecular weight is 335 g/mol. The van der Waals surface area contributed by atoms with Gasteiger partial charge in [-0.25, -0.2) is 0 Å². The van der Waals surface area contributed by atoms with Gasteiger partial charge in [0.2, 0.25) is 0 Å². The Bertz CT molecular complexity index is 395. The highest BCUT2D eigenvalue weighted by atomic mass is 16.5. The molecule has 0 aromatic heterocycles. The zero-order valence-corrected chi connectivity index (χ0v) is 16.1. The van der Waals surface area contributed by atoms with Gasteiger partial charge in [-0.2, -0.15) is 0 Å². The molecule has 4 fully saturated rings. The van der Waals surface area contributed by atoms with E-state index in [4.69, 9.17) is 4.74 Å². The first-order valence-electron chi connectivity index (χ1n) is 10.8.